The van der Waals surface area contributed by atoms with Gasteiger partial charge in [-0.3, -0.25) is 9.69 Å². The normalized spacial score (nSPS) is 20.5. The van der Waals surface area contributed by atoms with Crippen LogP contribution in [0.4, 0.5) is 5.13 Å². The summed E-state index contributed by atoms with van der Waals surface area (Å²) in [7, 11) is 0. The maximum absolute atomic E-state index is 12.1. The molecule has 0 spiro atoms. The lowest BCUT2D eigenvalue weighted by molar-refractivity contribution is -0.116. The van der Waals surface area contributed by atoms with Crippen LogP contribution in [0.15, 0.2) is 5.38 Å². The summed E-state index contributed by atoms with van der Waals surface area (Å²) in [6.45, 7) is 5.46. The van der Waals surface area contributed by atoms with Gasteiger partial charge in [0.2, 0.25) is 5.91 Å². The van der Waals surface area contributed by atoms with Gasteiger partial charge in [-0.15, -0.1) is 11.3 Å². The average Bonchev–Trinajstić information content (AvgIpc) is 3.02. The maximum Gasteiger partial charge on any atom is 0.226 e. The summed E-state index contributed by atoms with van der Waals surface area (Å²) >= 11 is 1.55. The summed E-state index contributed by atoms with van der Waals surface area (Å²) in [4.78, 5) is 19.1. The van der Waals surface area contributed by atoms with Gasteiger partial charge in [0, 0.05) is 18.3 Å². The zero-order valence-electron chi connectivity index (χ0n) is 13.9. The van der Waals surface area contributed by atoms with Gasteiger partial charge in [0.05, 0.1) is 5.69 Å². The minimum atomic E-state index is 0.113. The van der Waals surface area contributed by atoms with Crippen molar-refractivity contribution in [3.8, 4) is 0 Å². The maximum atomic E-state index is 12.1. The smallest absolute Gasteiger partial charge is 0.226 e. The second-order valence-electron chi connectivity index (χ2n) is 6.76. The summed E-state index contributed by atoms with van der Waals surface area (Å²) in [6, 6.07) is 0. The highest BCUT2D eigenvalue weighted by Gasteiger charge is 2.16. The van der Waals surface area contributed by atoms with Crippen molar-refractivity contribution in [2.45, 2.75) is 51.5 Å². The molecule has 0 bridgehead atoms. The Kier molecular flexibility index (Phi) is 6.42. The lowest BCUT2D eigenvalue weighted by Crippen LogP contribution is -2.29. The number of nitrogens with zero attached hydrogens (tertiary/aromatic N) is 2. The van der Waals surface area contributed by atoms with Gasteiger partial charge in [-0.2, -0.15) is 0 Å². The summed E-state index contributed by atoms with van der Waals surface area (Å²) < 4.78 is 0. The Hall–Kier alpha value is -0.980. The standard InChI is InChI=1S/C17H28N4OS/c22-16(5-4-14-6-8-18-9-7-14)20-17-19-15(13-23-17)12-21-10-2-1-3-11-21/h13-14,18H,1-12H2,(H,19,20,22). The van der Waals surface area contributed by atoms with Crippen molar-refractivity contribution in [2.24, 2.45) is 5.92 Å². The Morgan fingerprint density at radius 3 is 2.87 bits per heavy atom. The molecule has 128 valence electrons. The molecule has 3 rings (SSSR count). The van der Waals surface area contributed by atoms with Crippen LogP contribution in [0, 0.1) is 5.92 Å². The lowest BCUT2D eigenvalue weighted by atomic mass is 9.93. The van der Waals surface area contributed by atoms with Gasteiger partial charge in [0.1, 0.15) is 0 Å². The molecule has 1 aromatic rings. The zero-order chi connectivity index (χ0) is 15.9. The SMILES string of the molecule is O=C(CCC1CCNCC1)Nc1nc(CN2CCCCC2)cs1. The van der Waals surface area contributed by atoms with E-state index in [1.165, 1.54) is 45.2 Å². The summed E-state index contributed by atoms with van der Waals surface area (Å²) in [5.41, 5.74) is 1.09. The molecule has 0 aromatic carbocycles. The molecule has 0 atom stereocenters. The van der Waals surface area contributed by atoms with Gasteiger partial charge in [-0.1, -0.05) is 6.42 Å². The van der Waals surface area contributed by atoms with E-state index in [0.29, 0.717) is 12.3 Å². The molecule has 3 heterocycles. The molecule has 0 radical (unpaired) electrons. The molecule has 2 aliphatic heterocycles. The van der Waals surface area contributed by atoms with Gasteiger partial charge in [0.15, 0.2) is 5.13 Å². The molecule has 6 heteroatoms. The van der Waals surface area contributed by atoms with Gasteiger partial charge in [-0.25, -0.2) is 4.98 Å². The van der Waals surface area contributed by atoms with Crippen molar-refractivity contribution in [3.63, 3.8) is 0 Å². The third-order valence-electron chi connectivity index (χ3n) is 4.87. The Bertz CT molecular complexity index is 493. The minimum Gasteiger partial charge on any atom is -0.317 e. The minimum absolute atomic E-state index is 0.113. The lowest BCUT2D eigenvalue weighted by Gasteiger charge is -2.25. The van der Waals surface area contributed by atoms with Crippen LogP contribution in [-0.4, -0.2) is 42.0 Å². The van der Waals surface area contributed by atoms with Crippen molar-refractivity contribution in [2.75, 3.05) is 31.5 Å². The van der Waals surface area contributed by atoms with Gasteiger partial charge in [-0.05, 0) is 64.2 Å². The van der Waals surface area contributed by atoms with Gasteiger partial charge in [0.25, 0.3) is 0 Å². The van der Waals surface area contributed by atoms with Crippen LogP contribution >= 0.6 is 11.3 Å². The molecule has 2 aliphatic rings. The number of anilines is 1. The Labute approximate surface area is 142 Å². The fourth-order valence-corrected chi connectivity index (χ4v) is 4.19. The first-order valence-corrected chi connectivity index (χ1v) is 9.85. The Morgan fingerprint density at radius 1 is 1.30 bits per heavy atom. The van der Waals surface area contributed by atoms with E-state index in [-0.39, 0.29) is 5.91 Å². The number of hydrogen-bond acceptors (Lipinski definition) is 5. The molecule has 0 unspecified atom stereocenters. The number of carbonyl (C=O) groups is 1. The first-order chi connectivity index (χ1) is 11.3. The van der Waals surface area contributed by atoms with Crippen LogP contribution in [0.5, 0.6) is 0 Å². The van der Waals surface area contributed by atoms with Crippen molar-refractivity contribution >= 4 is 22.4 Å². The largest absolute Gasteiger partial charge is 0.317 e. The highest BCUT2D eigenvalue weighted by atomic mass is 32.1. The number of thiazole rings is 1. The second-order valence-corrected chi connectivity index (χ2v) is 7.62. The number of hydrogen-bond donors (Lipinski definition) is 2. The number of rotatable bonds is 6. The quantitative estimate of drug-likeness (QED) is 0.839. The molecule has 2 fully saturated rings. The Morgan fingerprint density at radius 2 is 2.09 bits per heavy atom. The topological polar surface area (TPSA) is 57.3 Å². The van der Waals surface area contributed by atoms with Crippen molar-refractivity contribution in [1.82, 2.24) is 15.2 Å². The van der Waals surface area contributed by atoms with Crippen LogP contribution in [0.1, 0.15) is 50.6 Å². The van der Waals surface area contributed by atoms with E-state index in [0.717, 1.165) is 36.9 Å². The monoisotopic (exact) mass is 336 g/mol. The van der Waals surface area contributed by atoms with E-state index in [9.17, 15) is 4.79 Å². The summed E-state index contributed by atoms with van der Waals surface area (Å²) in [5.74, 6) is 0.815. The van der Waals surface area contributed by atoms with Gasteiger partial charge >= 0.3 is 0 Å². The molecular formula is C17H28N4OS. The molecule has 2 N–H and O–H groups in total. The fraction of sp³-hybridized carbons (Fsp3) is 0.765. The molecule has 1 aromatic heterocycles. The zero-order valence-corrected chi connectivity index (χ0v) is 14.7. The Balaban J connectivity index is 1.39. The predicted molar refractivity (Wildman–Crippen MR) is 94.7 cm³/mol. The van der Waals surface area contributed by atoms with Crippen LogP contribution in [0.25, 0.3) is 0 Å². The number of amides is 1. The van der Waals surface area contributed by atoms with Crippen LogP contribution in [-0.2, 0) is 11.3 Å². The highest BCUT2D eigenvalue weighted by molar-refractivity contribution is 7.13. The van der Waals surface area contributed by atoms with Crippen molar-refractivity contribution in [3.05, 3.63) is 11.1 Å². The van der Waals surface area contributed by atoms with Crippen LogP contribution in [0.3, 0.4) is 0 Å². The van der Waals surface area contributed by atoms with E-state index in [1.807, 2.05) is 0 Å². The number of carbonyl (C=O) groups excluding carboxylic acids is 1. The fourth-order valence-electron chi connectivity index (χ4n) is 3.47. The molecule has 5 nitrogen and oxygen atoms in total. The van der Waals surface area contributed by atoms with Crippen LogP contribution in [0.2, 0.25) is 0 Å². The molecule has 0 saturated carbocycles. The first kappa shape index (κ1) is 16.9. The predicted octanol–water partition coefficient (Wildman–Crippen LogP) is 2.85. The van der Waals surface area contributed by atoms with E-state index in [4.69, 9.17) is 0 Å². The summed E-state index contributed by atoms with van der Waals surface area (Å²) in [5, 5.41) is 9.18. The molecular weight excluding hydrogens is 308 g/mol. The van der Waals surface area contributed by atoms with E-state index in [2.05, 4.69) is 25.9 Å². The van der Waals surface area contributed by atoms with Gasteiger partial charge < -0.3 is 10.6 Å². The van der Waals surface area contributed by atoms with E-state index in [1.54, 1.807) is 11.3 Å². The number of piperidine rings is 2. The number of nitrogens with one attached hydrogen (secondary N) is 2. The van der Waals surface area contributed by atoms with Crippen LogP contribution < -0.4 is 10.6 Å². The third-order valence-corrected chi connectivity index (χ3v) is 5.68. The van der Waals surface area contributed by atoms with E-state index < -0.39 is 0 Å². The highest BCUT2D eigenvalue weighted by Crippen LogP contribution is 2.21. The van der Waals surface area contributed by atoms with E-state index >= 15 is 0 Å². The molecule has 23 heavy (non-hydrogen) atoms. The van der Waals surface area contributed by atoms with Crippen molar-refractivity contribution < 1.29 is 4.79 Å². The first-order valence-electron chi connectivity index (χ1n) is 8.97. The molecule has 2 saturated heterocycles. The third kappa shape index (κ3) is 5.55. The summed E-state index contributed by atoms with van der Waals surface area (Å²) in [6.07, 6.45) is 7.96. The molecule has 1 amide bonds. The number of aromatic nitrogens is 1. The van der Waals surface area contributed by atoms with Crippen molar-refractivity contribution in [1.29, 1.82) is 0 Å². The molecule has 0 aliphatic carbocycles. The number of likely N-dealkylation sites (tertiary alicyclic amines) is 1. The average molecular weight is 337 g/mol. The second kappa shape index (κ2) is 8.76.